The zero-order chi connectivity index (χ0) is 14.5. The number of aromatic amines is 1. The van der Waals surface area contributed by atoms with Crippen LogP contribution in [-0.4, -0.2) is 32.6 Å². The van der Waals surface area contributed by atoms with Crippen molar-refractivity contribution in [2.24, 2.45) is 0 Å². The Bertz CT molecular complexity index is 586. The molecule has 0 saturated carbocycles. The molecule has 0 aliphatic rings. The van der Waals surface area contributed by atoms with E-state index in [1.165, 1.54) is 6.33 Å². The van der Waals surface area contributed by atoms with Gasteiger partial charge in [0.05, 0.1) is 17.8 Å². The summed E-state index contributed by atoms with van der Waals surface area (Å²) in [5.74, 6) is -0.134. The molecule has 2 heterocycles. The normalized spacial score (nSPS) is 11.9. The monoisotopic (exact) mass is 278 g/mol. The second-order valence-corrected chi connectivity index (χ2v) is 4.15. The van der Waals surface area contributed by atoms with Gasteiger partial charge in [0.25, 0.3) is 5.91 Å². The first-order chi connectivity index (χ1) is 9.61. The summed E-state index contributed by atoms with van der Waals surface area (Å²) in [5.41, 5.74) is 0.151. The maximum atomic E-state index is 13.3. The van der Waals surface area contributed by atoms with Crippen molar-refractivity contribution in [3.63, 3.8) is 0 Å². The molecule has 0 aliphatic heterocycles. The van der Waals surface area contributed by atoms with E-state index in [-0.39, 0.29) is 11.6 Å². The molecule has 0 aromatic carbocycles. The Balaban J connectivity index is 2.18. The average Bonchev–Trinajstić information content (AvgIpc) is 2.95. The van der Waals surface area contributed by atoms with E-state index >= 15 is 0 Å². The van der Waals surface area contributed by atoms with Crippen LogP contribution < -0.4 is 10.6 Å². The van der Waals surface area contributed by atoms with Crippen molar-refractivity contribution in [3.8, 4) is 0 Å². The van der Waals surface area contributed by atoms with Crippen molar-refractivity contribution < 1.29 is 9.18 Å². The van der Waals surface area contributed by atoms with E-state index in [0.717, 1.165) is 12.3 Å². The van der Waals surface area contributed by atoms with E-state index in [0.29, 0.717) is 18.2 Å². The smallest absolute Gasteiger partial charge is 0.255 e. The van der Waals surface area contributed by atoms with Crippen LogP contribution in [0.5, 0.6) is 0 Å². The summed E-state index contributed by atoms with van der Waals surface area (Å²) < 4.78 is 13.3. The fraction of sp³-hybridized carbons (Fsp3) is 0.333. The molecule has 1 amide bonds. The van der Waals surface area contributed by atoms with Crippen LogP contribution in [0.25, 0.3) is 0 Å². The number of anilines is 1. The van der Waals surface area contributed by atoms with Crippen molar-refractivity contribution in [3.05, 3.63) is 35.8 Å². The van der Waals surface area contributed by atoms with Crippen molar-refractivity contribution >= 4 is 11.7 Å². The molecule has 0 aliphatic carbocycles. The number of H-pyrrole nitrogens is 1. The molecule has 20 heavy (non-hydrogen) atoms. The van der Waals surface area contributed by atoms with Crippen molar-refractivity contribution in [2.45, 2.75) is 19.9 Å². The SMILES string of the molecule is CCNc1ncc(F)cc1C(=O)NC(C)c1ncn[nH]1. The Morgan fingerprint density at radius 3 is 2.95 bits per heavy atom. The van der Waals surface area contributed by atoms with E-state index in [2.05, 4.69) is 30.8 Å². The summed E-state index contributed by atoms with van der Waals surface area (Å²) in [4.78, 5) is 20.0. The number of rotatable bonds is 5. The highest BCUT2D eigenvalue weighted by molar-refractivity contribution is 5.98. The Hall–Kier alpha value is -2.51. The fourth-order valence-corrected chi connectivity index (χ4v) is 1.69. The second kappa shape index (κ2) is 6.09. The minimum atomic E-state index is -0.566. The minimum absolute atomic E-state index is 0.151. The number of nitrogens with zero attached hydrogens (tertiary/aromatic N) is 3. The largest absolute Gasteiger partial charge is 0.370 e. The van der Waals surface area contributed by atoms with Gasteiger partial charge in [-0.2, -0.15) is 5.10 Å². The molecule has 0 radical (unpaired) electrons. The van der Waals surface area contributed by atoms with Crippen molar-refractivity contribution in [1.29, 1.82) is 0 Å². The van der Waals surface area contributed by atoms with E-state index in [1.807, 2.05) is 6.92 Å². The molecule has 106 valence electrons. The first-order valence-electron chi connectivity index (χ1n) is 6.17. The van der Waals surface area contributed by atoms with Gasteiger partial charge in [-0.3, -0.25) is 9.89 Å². The standard InChI is InChI=1S/C12H15FN6O/c1-3-14-11-9(4-8(13)5-15-11)12(20)18-7(2)10-16-6-17-19-10/h4-7H,3H2,1-2H3,(H,14,15)(H,18,20)(H,16,17,19). The summed E-state index contributed by atoms with van der Waals surface area (Å²) in [6.45, 7) is 4.19. The summed E-state index contributed by atoms with van der Waals surface area (Å²) in [6.07, 6.45) is 2.42. The molecule has 0 spiro atoms. The van der Waals surface area contributed by atoms with Gasteiger partial charge < -0.3 is 10.6 Å². The molecule has 2 aromatic rings. The topological polar surface area (TPSA) is 95.6 Å². The first-order valence-corrected chi connectivity index (χ1v) is 6.17. The van der Waals surface area contributed by atoms with Gasteiger partial charge in [0.2, 0.25) is 0 Å². The summed E-state index contributed by atoms with van der Waals surface area (Å²) >= 11 is 0. The number of carbonyl (C=O) groups is 1. The third kappa shape index (κ3) is 3.08. The molecule has 7 nitrogen and oxygen atoms in total. The van der Waals surface area contributed by atoms with E-state index in [9.17, 15) is 9.18 Å². The Labute approximate surface area is 115 Å². The predicted molar refractivity (Wildman–Crippen MR) is 70.6 cm³/mol. The highest BCUT2D eigenvalue weighted by Gasteiger charge is 2.17. The van der Waals surface area contributed by atoms with Gasteiger partial charge in [0, 0.05) is 6.54 Å². The van der Waals surface area contributed by atoms with Crippen LogP contribution in [0.4, 0.5) is 10.2 Å². The van der Waals surface area contributed by atoms with E-state index in [1.54, 1.807) is 6.92 Å². The lowest BCUT2D eigenvalue weighted by molar-refractivity contribution is 0.0938. The van der Waals surface area contributed by atoms with Gasteiger partial charge in [-0.05, 0) is 19.9 Å². The number of hydrogen-bond acceptors (Lipinski definition) is 5. The molecule has 3 N–H and O–H groups in total. The number of nitrogens with one attached hydrogen (secondary N) is 3. The second-order valence-electron chi connectivity index (χ2n) is 4.15. The van der Waals surface area contributed by atoms with Gasteiger partial charge in [0.15, 0.2) is 0 Å². The van der Waals surface area contributed by atoms with Gasteiger partial charge in [0.1, 0.15) is 23.8 Å². The Morgan fingerprint density at radius 2 is 2.30 bits per heavy atom. The number of pyridine rings is 1. The number of aromatic nitrogens is 4. The van der Waals surface area contributed by atoms with Crippen LogP contribution in [0.15, 0.2) is 18.6 Å². The number of amides is 1. The zero-order valence-electron chi connectivity index (χ0n) is 11.1. The molecule has 2 aromatic heterocycles. The minimum Gasteiger partial charge on any atom is -0.370 e. The molecule has 8 heteroatoms. The maximum Gasteiger partial charge on any atom is 0.255 e. The van der Waals surface area contributed by atoms with Crippen LogP contribution >= 0.6 is 0 Å². The Morgan fingerprint density at radius 1 is 1.50 bits per heavy atom. The fourth-order valence-electron chi connectivity index (χ4n) is 1.69. The average molecular weight is 278 g/mol. The van der Waals surface area contributed by atoms with Crippen molar-refractivity contribution in [2.75, 3.05) is 11.9 Å². The van der Waals surface area contributed by atoms with Crippen LogP contribution in [0, 0.1) is 5.82 Å². The molecule has 0 bridgehead atoms. The summed E-state index contributed by atoms with van der Waals surface area (Å²) in [6, 6.07) is 0.774. The molecule has 1 unspecified atom stereocenters. The highest BCUT2D eigenvalue weighted by atomic mass is 19.1. The van der Waals surface area contributed by atoms with Crippen molar-refractivity contribution in [1.82, 2.24) is 25.5 Å². The lowest BCUT2D eigenvalue weighted by Gasteiger charge is -2.13. The lowest BCUT2D eigenvalue weighted by Crippen LogP contribution is -2.28. The van der Waals surface area contributed by atoms with Crippen LogP contribution in [0.3, 0.4) is 0 Å². The molecule has 0 saturated heterocycles. The number of halogens is 1. The first kappa shape index (κ1) is 13.9. The van der Waals surface area contributed by atoms with E-state index < -0.39 is 11.7 Å². The third-order valence-electron chi connectivity index (χ3n) is 2.63. The van der Waals surface area contributed by atoms with Gasteiger partial charge >= 0.3 is 0 Å². The third-order valence-corrected chi connectivity index (χ3v) is 2.63. The number of hydrogen-bond donors (Lipinski definition) is 3. The predicted octanol–water partition coefficient (Wildman–Crippen LogP) is 1.26. The molecular formula is C12H15FN6O. The highest BCUT2D eigenvalue weighted by Crippen LogP contribution is 2.15. The Kier molecular flexibility index (Phi) is 4.24. The van der Waals surface area contributed by atoms with Gasteiger partial charge in [-0.25, -0.2) is 14.4 Å². The quantitative estimate of drug-likeness (QED) is 0.765. The van der Waals surface area contributed by atoms with Crippen LogP contribution in [0.2, 0.25) is 0 Å². The van der Waals surface area contributed by atoms with Crippen LogP contribution in [0.1, 0.15) is 36.1 Å². The van der Waals surface area contributed by atoms with Crippen LogP contribution in [-0.2, 0) is 0 Å². The zero-order valence-corrected chi connectivity index (χ0v) is 11.1. The van der Waals surface area contributed by atoms with E-state index in [4.69, 9.17) is 0 Å². The molecule has 0 fully saturated rings. The summed E-state index contributed by atoms with van der Waals surface area (Å²) in [5, 5.41) is 12.0. The molecule has 1 atom stereocenters. The number of carbonyl (C=O) groups excluding carboxylic acids is 1. The van der Waals surface area contributed by atoms with Gasteiger partial charge in [-0.15, -0.1) is 0 Å². The summed E-state index contributed by atoms with van der Waals surface area (Å²) in [7, 11) is 0. The molecule has 2 rings (SSSR count). The maximum absolute atomic E-state index is 13.3. The lowest BCUT2D eigenvalue weighted by atomic mass is 10.2. The van der Waals surface area contributed by atoms with Gasteiger partial charge in [-0.1, -0.05) is 0 Å². The molecular weight excluding hydrogens is 263 g/mol.